The van der Waals surface area contributed by atoms with E-state index in [2.05, 4.69) is 37.2 Å². The zero-order chi connectivity index (χ0) is 26.9. The molecule has 0 atom stereocenters. The molecule has 0 radical (unpaired) electrons. The summed E-state index contributed by atoms with van der Waals surface area (Å²) >= 11 is 12.9. The number of halogens is 3. The van der Waals surface area contributed by atoms with Crippen LogP contribution in [-0.2, 0) is 18.0 Å². The van der Waals surface area contributed by atoms with Crippen LogP contribution in [0.4, 0.5) is 5.69 Å². The molecule has 4 rings (SSSR count). The molecule has 0 saturated carbocycles. The number of anilines is 1. The number of hydrogen-bond donors (Lipinski definition) is 1. The van der Waals surface area contributed by atoms with Crippen molar-refractivity contribution in [2.75, 3.05) is 5.32 Å². The second-order valence-corrected chi connectivity index (χ2v) is 10.4. The van der Waals surface area contributed by atoms with Crippen LogP contribution in [0, 0.1) is 11.3 Å². The molecule has 0 fully saturated rings. The normalized spacial score (nSPS) is 10.9. The summed E-state index contributed by atoms with van der Waals surface area (Å²) in [6.45, 7) is 0.710. The first-order valence-electron chi connectivity index (χ1n) is 11.5. The van der Waals surface area contributed by atoms with Gasteiger partial charge in [-0.2, -0.15) is 5.26 Å². The SMILES string of the molecule is N#C/C(=C\c1cc(Br)ccc1OCc1cccc(Cl)c1)C(=O)Nc1ccc(OCc2ccc(Br)cc2)cc1. The molecule has 0 bridgehead atoms. The highest BCUT2D eigenvalue weighted by molar-refractivity contribution is 9.10. The Morgan fingerprint density at radius 1 is 0.868 bits per heavy atom. The van der Waals surface area contributed by atoms with E-state index in [1.807, 2.05) is 54.6 Å². The van der Waals surface area contributed by atoms with E-state index < -0.39 is 5.91 Å². The number of nitriles is 1. The fourth-order valence-electron chi connectivity index (χ4n) is 3.44. The minimum atomic E-state index is -0.531. The molecular weight excluding hydrogens is 632 g/mol. The van der Waals surface area contributed by atoms with Crippen LogP contribution in [-0.4, -0.2) is 5.91 Å². The van der Waals surface area contributed by atoms with E-state index in [0.717, 1.165) is 20.1 Å². The Morgan fingerprint density at radius 3 is 2.29 bits per heavy atom. The third-order valence-corrected chi connectivity index (χ3v) is 6.61. The summed E-state index contributed by atoms with van der Waals surface area (Å²) in [6, 6.07) is 29.6. The molecule has 1 N–H and O–H groups in total. The lowest BCUT2D eigenvalue weighted by molar-refractivity contribution is -0.112. The Labute approximate surface area is 242 Å². The van der Waals surface area contributed by atoms with Crippen LogP contribution >= 0.6 is 43.5 Å². The highest BCUT2D eigenvalue weighted by Crippen LogP contribution is 2.27. The number of nitrogens with one attached hydrogen (secondary N) is 1. The molecule has 0 heterocycles. The molecule has 0 aromatic heterocycles. The molecule has 4 aromatic carbocycles. The van der Waals surface area contributed by atoms with E-state index in [-0.39, 0.29) is 12.2 Å². The third-order valence-electron chi connectivity index (χ3n) is 5.35. The van der Waals surface area contributed by atoms with Gasteiger partial charge in [-0.1, -0.05) is 67.7 Å². The van der Waals surface area contributed by atoms with Crippen LogP contribution in [0.25, 0.3) is 6.08 Å². The maximum Gasteiger partial charge on any atom is 0.266 e. The molecule has 190 valence electrons. The molecular formula is C30H21Br2ClN2O3. The Morgan fingerprint density at radius 2 is 1.58 bits per heavy atom. The summed E-state index contributed by atoms with van der Waals surface area (Å²) in [5.74, 6) is 0.662. The van der Waals surface area contributed by atoms with E-state index in [0.29, 0.717) is 34.4 Å². The Balaban J connectivity index is 1.42. The minimum Gasteiger partial charge on any atom is -0.489 e. The first-order valence-corrected chi connectivity index (χ1v) is 13.4. The van der Waals surface area contributed by atoms with E-state index in [1.54, 1.807) is 42.5 Å². The molecule has 4 aromatic rings. The Bertz CT molecular complexity index is 1500. The zero-order valence-corrected chi connectivity index (χ0v) is 23.9. The van der Waals surface area contributed by atoms with Gasteiger partial charge in [0.05, 0.1) is 0 Å². The first-order chi connectivity index (χ1) is 18.4. The van der Waals surface area contributed by atoms with Crippen molar-refractivity contribution in [3.63, 3.8) is 0 Å². The fourth-order valence-corrected chi connectivity index (χ4v) is 4.29. The van der Waals surface area contributed by atoms with Gasteiger partial charge in [0.2, 0.25) is 0 Å². The van der Waals surface area contributed by atoms with Gasteiger partial charge < -0.3 is 14.8 Å². The minimum absolute atomic E-state index is 0.0636. The lowest BCUT2D eigenvalue weighted by atomic mass is 10.1. The van der Waals surface area contributed by atoms with Gasteiger partial charge in [0.15, 0.2) is 0 Å². The number of carbonyl (C=O) groups is 1. The number of rotatable bonds is 9. The number of nitrogens with zero attached hydrogens (tertiary/aromatic N) is 1. The summed E-state index contributed by atoms with van der Waals surface area (Å²) in [7, 11) is 0. The van der Waals surface area contributed by atoms with Crippen LogP contribution in [0.3, 0.4) is 0 Å². The average molecular weight is 653 g/mol. The third kappa shape index (κ3) is 7.96. The summed E-state index contributed by atoms with van der Waals surface area (Å²) in [4.78, 5) is 12.9. The van der Waals surface area contributed by atoms with Crippen molar-refractivity contribution in [1.82, 2.24) is 0 Å². The molecule has 0 saturated heterocycles. The number of hydrogen-bond acceptors (Lipinski definition) is 4. The van der Waals surface area contributed by atoms with Crippen LogP contribution in [0.15, 0.2) is 106 Å². The molecule has 0 aliphatic heterocycles. The van der Waals surface area contributed by atoms with Crippen molar-refractivity contribution in [1.29, 1.82) is 5.26 Å². The van der Waals surface area contributed by atoms with Crippen molar-refractivity contribution < 1.29 is 14.3 Å². The largest absolute Gasteiger partial charge is 0.489 e. The lowest BCUT2D eigenvalue weighted by Gasteiger charge is -2.11. The number of benzene rings is 4. The van der Waals surface area contributed by atoms with Crippen molar-refractivity contribution in [3.8, 4) is 17.6 Å². The van der Waals surface area contributed by atoms with Gasteiger partial charge in [-0.3, -0.25) is 4.79 Å². The Kier molecular flexibility index (Phi) is 9.61. The maximum atomic E-state index is 12.9. The highest BCUT2D eigenvalue weighted by Gasteiger charge is 2.12. The van der Waals surface area contributed by atoms with Crippen LogP contribution in [0.2, 0.25) is 5.02 Å². The molecule has 0 aliphatic rings. The maximum absolute atomic E-state index is 12.9. The van der Waals surface area contributed by atoms with Gasteiger partial charge in [-0.15, -0.1) is 0 Å². The summed E-state index contributed by atoms with van der Waals surface area (Å²) < 4.78 is 13.6. The molecule has 38 heavy (non-hydrogen) atoms. The molecule has 0 spiro atoms. The van der Waals surface area contributed by atoms with Crippen molar-refractivity contribution in [2.24, 2.45) is 0 Å². The van der Waals surface area contributed by atoms with Gasteiger partial charge in [0.25, 0.3) is 5.91 Å². The Hall–Kier alpha value is -3.57. The topological polar surface area (TPSA) is 71.3 Å². The molecule has 0 unspecified atom stereocenters. The average Bonchev–Trinajstić information content (AvgIpc) is 2.91. The van der Waals surface area contributed by atoms with E-state index in [1.165, 1.54) is 6.08 Å². The van der Waals surface area contributed by atoms with Crippen LogP contribution < -0.4 is 14.8 Å². The van der Waals surface area contributed by atoms with Gasteiger partial charge in [0, 0.05) is 25.2 Å². The van der Waals surface area contributed by atoms with E-state index in [4.69, 9.17) is 21.1 Å². The summed E-state index contributed by atoms with van der Waals surface area (Å²) in [6.07, 6.45) is 1.50. The molecule has 1 amide bonds. The van der Waals surface area contributed by atoms with Gasteiger partial charge >= 0.3 is 0 Å². The van der Waals surface area contributed by atoms with Crippen LogP contribution in [0.5, 0.6) is 11.5 Å². The predicted octanol–water partition coefficient (Wildman–Crippen LogP) is 8.57. The van der Waals surface area contributed by atoms with E-state index in [9.17, 15) is 10.1 Å². The summed E-state index contributed by atoms with van der Waals surface area (Å²) in [5.41, 5.74) is 3.01. The van der Waals surface area contributed by atoms with Crippen LogP contribution in [0.1, 0.15) is 16.7 Å². The number of amides is 1. The monoisotopic (exact) mass is 650 g/mol. The number of carbonyl (C=O) groups excluding carboxylic acids is 1. The molecule has 5 nitrogen and oxygen atoms in total. The second-order valence-electron chi connectivity index (χ2n) is 8.16. The van der Waals surface area contributed by atoms with Crippen molar-refractivity contribution in [2.45, 2.75) is 13.2 Å². The molecule has 0 aliphatic carbocycles. The van der Waals surface area contributed by atoms with E-state index >= 15 is 0 Å². The molecule has 8 heteroatoms. The highest BCUT2D eigenvalue weighted by atomic mass is 79.9. The van der Waals surface area contributed by atoms with Gasteiger partial charge in [-0.05, 0) is 83.9 Å². The summed E-state index contributed by atoms with van der Waals surface area (Å²) in [5, 5.41) is 13.1. The number of ether oxygens (including phenoxy) is 2. The standard InChI is InChI=1S/C30H21Br2ClN2O3/c31-24-6-4-20(5-7-24)18-37-28-11-9-27(10-12-28)35-30(36)23(17-34)15-22-16-25(32)8-13-29(22)38-19-21-2-1-3-26(33)14-21/h1-16H,18-19H2,(H,35,36)/b23-15+. The van der Waals surface area contributed by atoms with Crippen molar-refractivity contribution >= 4 is 61.1 Å². The predicted molar refractivity (Wildman–Crippen MR) is 157 cm³/mol. The smallest absolute Gasteiger partial charge is 0.266 e. The second kappa shape index (κ2) is 13.3. The van der Waals surface area contributed by atoms with Gasteiger partial charge in [-0.25, -0.2) is 0 Å². The quantitative estimate of drug-likeness (QED) is 0.145. The first kappa shape index (κ1) is 27.5. The lowest BCUT2D eigenvalue weighted by Crippen LogP contribution is -2.13. The van der Waals surface area contributed by atoms with Gasteiger partial charge in [0.1, 0.15) is 36.4 Å². The zero-order valence-electron chi connectivity index (χ0n) is 20.0. The fraction of sp³-hybridized carbons (Fsp3) is 0.0667. The van der Waals surface area contributed by atoms with Crippen molar-refractivity contribution in [3.05, 3.63) is 127 Å².